The third-order valence-electron chi connectivity index (χ3n) is 2.25. The van der Waals surface area contributed by atoms with Crippen LogP contribution in [0.15, 0.2) is 41.1 Å². The van der Waals surface area contributed by atoms with Crippen molar-refractivity contribution in [3.8, 4) is 0 Å². The lowest BCUT2D eigenvalue weighted by Crippen LogP contribution is -1.99. The van der Waals surface area contributed by atoms with Crippen LogP contribution in [0, 0.1) is 0 Å². The van der Waals surface area contributed by atoms with Crippen molar-refractivity contribution < 1.29 is 5.21 Å². The number of hydrogen-bond acceptors (Lipinski definition) is 2. The minimum atomic E-state index is 0.765. The molecule has 1 N–H and O–H groups in total. The molecule has 0 saturated carbocycles. The van der Waals surface area contributed by atoms with Gasteiger partial charge in [-0.05, 0) is 24.5 Å². The molecule has 0 bridgehead atoms. The molecule has 0 spiro atoms. The number of allylic oxidation sites excluding steroid dienone is 1. The van der Waals surface area contributed by atoms with Gasteiger partial charge in [-0.15, -0.1) is 0 Å². The highest BCUT2D eigenvalue weighted by molar-refractivity contribution is 6.02. The first-order valence-corrected chi connectivity index (χ1v) is 5.22. The molecule has 1 rings (SSSR count). The minimum Gasteiger partial charge on any atom is -0.411 e. The molecule has 0 unspecified atom stereocenters. The van der Waals surface area contributed by atoms with Crippen LogP contribution in [-0.4, -0.2) is 10.9 Å². The summed E-state index contributed by atoms with van der Waals surface area (Å²) in [5.74, 6) is 0. The smallest absolute Gasteiger partial charge is 0.0824 e. The van der Waals surface area contributed by atoms with Crippen LogP contribution in [0.5, 0.6) is 0 Å². The van der Waals surface area contributed by atoms with Crippen molar-refractivity contribution >= 4 is 11.8 Å². The van der Waals surface area contributed by atoms with E-state index in [4.69, 9.17) is 5.21 Å². The zero-order valence-electron chi connectivity index (χ0n) is 9.27. The summed E-state index contributed by atoms with van der Waals surface area (Å²) in [5, 5.41) is 12.2. The van der Waals surface area contributed by atoms with Gasteiger partial charge >= 0.3 is 0 Å². The van der Waals surface area contributed by atoms with Gasteiger partial charge in [-0.1, -0.05) is 54.9 Å². The number of nitrogens with zero attached hydrogens (tertiary/aromatic N) is 1. The van der Waals surface area contributed by atoms with Crippen molar-refractivity contribution in [2.24, 2.45) is 5.16 Å². The Hall–Kier alpha value is -1.57. The van der Waals surface area contributed by atoms with Gasteiger partial charge in [0.2, 0.25) is 0 Å². The zero-order valence-corrected chi connectivity index (χ0v) is 9.27. The number of oxime groups is 1. The van der Waals surface area contributed by atoms with Gasteiger partial charge in [0.15, 0.2) is 0 Å². The highest BCUT2D eigenvalue weighted by Gasteiger charge is 2.01. The van der Waals surface area contributed by atoms with Gasteiger partial charge in [0, 0.05) is 0 Å². The van der Waals surface area contributed by atoms with Gasteiger partial charge in [0.05, 0.1) is 5.71 Å². The zero-order chi connectivity index (χ0) is 11.1. The summed E-state index contributed by atoms with van der Waals surface area (Å²) >= 11 is 0. The molecule has 0 amide bonds. The van der Waals surface area contributed by atoms with Crippen LogP contribution >= 0.6 is 0 Å². The molecule has 2 heteroatoms. The molecule has 0 heterocycles. The van der Waals surface area contributed by atoms with E-state index in [0.29, 0.717) is 0 Å². The standard InChI is InChI=1S/C13H17NO/c1-3-7-13(14-15)11(2)10-12-8-5-4-6-9-12/h4-6,8-10,15H,3,7H2,1-2H3/b11-10+,14-13+. The first-order valence-electron chi connectivity index (χ1n) is 5.22. The van der Waals surface area contributed by atoms with E-state index in [1.807, 2.05) is 43.3 Å². The Labute approximate surface area is 90.9 Å². The molecule has 0 fully saturated rings. The summed E-state index contributed by atoms with van der Waals surface area (Å²) in [6.07, 6.45) is 3.83. The van der Waals surface area contributed by atoms with Crippen LogP contribution in [0.25, 0.3) is 6.08 Å². The molecular formula is C13H17NO. The molecule has 0 radical (unpaired) electrons. The van der Waals surface area contributed by atoms with Crippen molar-refractivity contribution in [1.29, 1.82) is 0 Å². The van der Waals surface area contributed by atoms with Crippen molar-refractivity contribution in [3.63, 3.8) is 0 Å². The average Bonchev–Trinajstić information content (AvgIpc) is 2.27. The van der Waals surface area contributed by atoms with Gasteiger partial charge in [-0.2, -0.15) is 0 Å². The van der Waals surface area contributed by atoms with Crippen LogP contribution in [-0.2, 0) is 0 Å². The topological polar surface area (TPSA) is 32.6 Å². The molecule has 0 atom stereocenters. The molecule has 15 heavy (non-hydrogen) atoms. The second kappa shape index (κ2) is 6.02. The quantitative estimate of drug-likeness (QED) is 0.451. The van der Waals surface area contributed by atoms with E-state index < -0.39 is 0 Å². The number of benzene rings is 1. The van der Waals surface area contributed by atoms with Gasteiger partial charge in [0.1, 0.15) is 0 Å². The van der Waals surface area contributed by atoms with Crippen LogP contribution < -0.4 is 0 Å². The lowest BCUT2D eigenvalue weighted by molar-refractivity contribution is 0.318. The van der Waals surface area contributed by atoms with Crippen molar-refractivity contribution in [2.45, 2.75) is 26.7 Å². The minimum absolute atomic E-state index is 0.765. The summed E-state index contributed by atoms with van der Waals surface area (Å²) in [6, 6.07) is 10.0. The second-order valence-electron chi connectivity index (χ2n) is 3.53. The summed E-state index contributed by atoms with van der Waals surface area (Å²) in [4.78, 5) is 0. The molecule has 80 valence electrons. The predicted octanol–water partition coefficient (Wildman–Crippen LogP) is 3.72. The van der Waals surface area contributed by atoms with Crippen molar-refractivity contribution in [3.05, 3.63) is 41.5 Å². The fourth-order valence-corrected chi connectivity index (χ4v) is 1.45. The Kier molecular flexibility index (Phi) is 4.61. The van der Waals surface area contributed by atoms with E-state index >= 15 is 0 Å². The van der Waals surface area contributed by atoms with Gasteiger partial charge < -0.3 is 5.21 Å². The average molecular weight is 203 g/mol. The highest BCUT2D eigenvalue weighted by atomic mass is 16.4. The summed E-state index contributed by atoms with van der Waals surface area (Å²) in [7, 11) is 0. The van der Waals surface area contributed by atoms with E-state index in [2.05, 4.69) is 12.1 Å². The largest absolute Gasteiger partial charge is 0.411 e. The van der Waals surface area contributed by atoms with Gasteiger partial charge in [0.25, 0.3) is 0 Å². The summed E-state index contributed by atoms with van der Waals surface area (Å²) < 4.78 is 0. The van der Waals surface area contributed by atoms with Crippen molar-refractivity contribution in [2.75, 3.05) is 0 Å². The van der Waals surface area contributed by atoms with Crippen LogP contribution in [0.1, 0.15) is 32.3 Å². The van der Waals surface area contributed by atoms with Crippen LogP contribution in [0.3, 0.4) is 0 Å². The fourth-order valence-electron chi connectivity index (χ4n) is 1.45. The third kappa shape index (κ3) is 3.58. The molecule has 0 aliphatic rings. The van der Waals surface area contributed by atoms with E-state index in [9.17, 15) is 0 Å². The Bertz CT molecular complexity index is 352. The number of rotatable bonds is 4. The summed E-state index contributed by atoms with van der Waals surface area (Å²) in [6.45, 7) is 4.04. The predicted molar refractivity (Wildman–Crippen MR) is 64.2 cm³/mol. The number of hydrogen-bond donors (Lipinski definition) is 1. The normalized spacial score (nSPS) is 12.9. The maximum atomic E-state index is 8.85. The van der Waals surface area contributed by atoms with E-state index in [0.717, 1.165) is 29.7 Å². The molecule has 0 aliphatic heterocycles. The molecule has 1 aromatic carbocycles. The van der Waals surface area contributed by atoms with Gasteiger partial charge in [-0.25, -0.2) is 0 Å². The first kappa shape index (κ1) is 11.5. The fraction of sp³-hybridized carbons (Fsp3) is 0.308. The van der Waals surface area contributed by atoms with Crippen LogP contribution in [0.4, 0.5) is 0 Å². The van der Waals surface area contributed by atoms with E-state index in [1.165, 1.54) is 0 Å². The Balaban J connectivity index is 2.83. The molecular weight excluding hydrogens is 186 g/mol. The third-order valence-corrected chi connectivity index (χ3v) is 2.25. The monoisotopic (exact) mass is 203 g/mol. The van der Waals surface area contributed by atoms with Gasteiger partial charge in [-0.3, -0.25) is 0 Å². The molecule has 2 nitrogen and oxygen atoms in total. The lowest BCUT2D eigenvalue weighted by Gasteiger charge is -2.02. The molecule has 0 aliphatic carbocycles. The Morgan fingerprint density at radius 2 is 2.00 bits per heavy atom. The highest BCUT2D eigenvalue weighted by Crippen LogP contribution is 2.10. The Morgan fingerprint density at radius 3 is 2.53 bits per heavy atom. The van der Waals surface area contributed by atoms with E-state index in [-0.39, 0.29) is 0 Å². The summed E-state index contributed by atoms with van der Waals surface area (Å²) in [5.41, 5.74) is 2.92. The maximum absolute atomic E-state index is 8.85. The maximum Gasteiger partial charge on any atom is 0.0824 e. The molecule has 0 saturated heterocycles. The Morgan fingerprint density at radius 1 is 1.33 bits per heavy atom. The van der Waals surface area contributed by atoms with E-state index in [1.54, 1.807) is 0 Å². The second-order valence-corrected chi connectivity index (χ2v) is 3.53. The molecule has 0 aromatic heterocycles. The van der Waals surface area contributed by atoms with Crippen molar-refractivity contribution in [1.82, 2.24) is 0 Å². The van der Waals surface area contributed by atoms with Crippen LogP contribution in [0.2, 0.25) is 0 Å². The SMILES string of the molecule is CCCC(=N\O)/C(C)=C/c1ccccc1. The lowest BCUT2D eigenvalue weighted by atomic mass is 10.0. The first-order chi connectivity index (χ1) is 7.27. The molecule has 1 aromatic rings.